The number of para-hydroxylation sites is 1. The van der Waals surface area contributed by atoms with Crippen molar-refractivity contribution >= 4 is 22.7 Å². The summed E-state index contributed by atoms with van der Waals surface area (Å²) in [5.74, 6) is 1.09. The van der Waals surface area contributed by atoms with Crippen molar-refractivity contribution in [3.8, 4) is 11.3 Å². The summed E-state index contributed by atoms with van der Waals surface area (Å²) >= 11 is 0. The number of hydrogen-bond donors (Lipinski definition) is 1. The third-order valence-electron chi connectivity index (χ3n) is 7.77. The molecular formula is C33H31N3O3. The number of fused-ring (bicyclic) bond motifs is 2. The number of nitrogens with one attached hydrogen (secondary N) is 1. The average molecular weight is 518 g/mol. The first-order valence-corrected chi connectivity index (χ1v) is 13.2. The molecule has 0 radical (unpaired) electrons. The molecule has 3 heterocycles. The monoisotopic (exact) mass is 517 g/mol. The van der Waals surface area contributed by atoms with Gasteiger partial charge in [-0.1, -0.05) is 66.2 Å². The number of carbonyl (C=O) groups is 2. The van der Waals surface area contributed by atoms with Crippen LogP contribution in [0.25, 0.3) is 22.2 Å². The highest BCUT2D eigenvalue weighted by atomic mass is 16.3. The Morgan fingerprint density at radius 1 is 0.949 bits per heavy atom. The lowest BCUT2D eigenvalue weighted by molar-refractivity contribution is -0.125. The number of amides is 2. The second kappa shape index (κ2) is 9.62. The zero-order valence-electron chi connectivity index (χ0n) is 22.6. The summed E-state index contributed by atoms with van der Waals surface area (Å²) in [5, 5.41) is 4.04. The molecule has 196 valence electrons. The summed E-state index contributed by atoms with van der Waals surface area (Å²) in [6, 6.07) is 27.0. The van der Waals surface area contributed by atoms with Gasteiger partial charge < -0.3 is 19.2 Å². The molecule has 0 spiro atoms. The molecule has 3 aromatic carbocycles. The lowest BCUT2D eigenvalue weighted by Gasteiger charge is -2.31. The molecule has 5 aromatic rings. The number of rotatable bonds is 6. The molecule has 1 aliphatic heterocycles. The standard InChI is InChI=1S/C33H31N3O3/c1-20-13-16-23(17-14-20)30-29(27-11-7-8-12-28(27)35(30)4)31-25-9-5-6-10-26(25)33(38)36(31)22(3)32(37)34-19-24-18-15-21(2)39-24/h5-18,22,31H,19H2,1-4H3,(H,34,37). The molecule has 2 amide bonds. The van der Waals surface area contributed by atoms with Crippen molar-refractivity contribution in [2.75, 3.05) is 0 Å². The first kappa shape index (κ1) is 24.7. The van der Waals surface area contributed by atoms with Gasteiger partial charge in [-0.15, -0.1) is 0 Å². The van der Waals surface area contributed by atoms with Crippen LogP contribution in [-0.4, -0.2) is 27.3 Å². The Morgan fingerprint density at radius 2 is 1.67 bits per heavy atom. The van der Waals surface area contributed by atoms with Crippen molar-refractivity contribution in [3.63, 3.8) is 0 Å². The Kier molecular flexibility index (Phi) is 6.10. The number of carbonyl (C=O) groups excluding carboxylic acids is 2. The van der Waals surface area contributed by atoms with Crippen molar-refractivity contribution in [1.82, 2.24) is 14.8 Å². The summed E-state index contributed by atoms with van der Waals surface area (Å²) in [6.07, 6.45) is 0. The Hall–Kier alpha value is -4.58. The van der Waals surface area contributed by atoms with Crippen LogP contribution in [0.5, 0.6) is 0 Å². The minimum atomic E-state index is -0.712. The summed E-state index contributed by atoms with van der Waals surface area (Å²) in [5.41, 5.74) is 6.92. The van der Waals surface area contributed by atoms with Gasteiger partial charge in [0.1, 0.15) is 17.6 Å². The van der Waals surface area contributed by atoms with Gasteiger partial charge in [-0.3, -0.25) is 9.59 Å². The van der Waals surface area contributed by atoms with Crippen LogP contribution in [0.3, 0.4) is 0 Å². The molecule has 1 aliphatic rings. The van der Waals surface area contributed by atoms with E-state index in [-0.39, 0.29) is 18.4 Å². The van der Waals surface area contributed by atoms with E-state index in [0.29, 0.717) is 11.3 Å². The fraction of sp³-hybridized carbons (Fsp3) is 0.212. The molecule has 0 aliphatic carbocycles. The van der Waals surface area contributed by atoms with Crippen LogP contribution in [0.2, 0.25) is 0 Å². The van der Waals surface area contributed by atoms with E-state index in [2.05, 4.69) is 60.3 Å². The minimum Gasteiger partial charge on any atom is -0.465 e. The van der Waals surface area contributed by atoms with Gasteiger partial charge in [0, 0.05) is 29.1 Å². The molecule has 0 saturated carbocycles. The quantitative estimate of drug-likeness (QED) is 0.287. The molecule has 0 fully saturated rings. The molecule has 39 heavy (non-hydrogen) atoms. The summed E-state index contributed by atoms with van der Waals surface area (Å²) in [4.78, 5) is 29.2. The lowest BCUT2D eigenvalue weighted by atomic mass is 9.92. The number of nitrogens with zero attached hydrogens (tertiary/aromatic N) is 2. The van der Waals surface area contributed by atoms with Crippen LogP contribution in [0.4, 0.5) is 0 Å². The number of benzene rings is 3. The predicted molar refractivity (Wildman–Crippen MR) is 152 cm³/mol. The van der Waals surface area contributed by atoms with E-state index in [1.165, 1.54) is 5.56 Å². The van der Waals surface area contributed by atoms with Gasteiger partial charge in [-0.05, 0) is 56.2 Å². The number of aromatic nitrogens is 1. The smallest absolute Gasteiger partial charge is 0.255 e. The van der Waals surface area contributed by atoms with E-state index < -0.39 is 12.1 Å². The molecule has 0 bridgehead atoms. The van der Waals surface area contributed by atoms with E-state index in [0.717, 1.165) is 39.0 Å². The SMILES string of the molecule is Cc1ccc(-c2c(C3c4ccccc4C(=O)N3C(C)C(=O)NCc3ccc(C)o3)c3ccccc3n2C)cc1. The van der Waals surface area contributed by atoms with Crippen LogP contribution in [0.15, 0.2) is 89.3 Å². The second-order valence-corrected chi connectivity index (χ2v) is 10.3. The minimum absolute atomic E-state index is 0.144. The average Bonchev–Trinajstić information content (AvgIpc) is 3.59. The first-order chi connectivity index (χ1) is 18.8. The zero-order valence-corrected chi connectivity index (χ0v) is 22.6. The Labute approximate surface area is 227 Å². The zero-order chi connectivity index (χ0) is 27.3. The fourth-order valence-corrected chi connectivity index (χ4v) is 5.82. The normalized spacial score (nSPS) is 15.5. The second-order valence-electron chi connectivity index (χ2n) is 10.3. The van der Waals surface area contributed by atoms with Crippen LogP contribution in [0, 0.1) is 13.8 Å². The van der Waals surface area contributed by atoms with Gasteiger partial charge in [0.2, 0.25) is 5.91 Å². The van der Waals surface area contributed by atoms with Gasteiger partial charge >= 0.3 is 0 Å². The summed E-state index contributed by atoms with van der Waals surface area (Å²) in [7, 11) is 2.07. The van der Waals surface area contributed by atoms with Gasteiger partial charge in [0.15, 0.2) is 0 Å². The highest BCUT2D eigenvalue weighted by molar-refractivity contribution is 6.04. The van der Waals surface area contributed by atoms with Gasteiger partial charge in [-0.25, -0.2) is 0 Å². The Balaban J connectivity index is 1.50. The molecule has 6 rings (SSSR count). The van der Waals surface area contributed by atoms with E-state index in [1.807, 2.05) is 55.5 Å². The maximum absolute atomic E-state index is 14.0. The maximum atomic E-state index is 14.0. The van der Waals surface area contributed by atoms with Crippen molar-refractivity contribution in [3.05, 3.63) is 119 Å². The fourth-order valence-electron chi connectivity index (χ4n) is 5.82. The largest absolute Gasteiger partial charge is 0.465 e. The third-order valence-corrected chi connectivity index (χ3v) is 7.77. The van der Waals surface area contributed by atoms with Crippen molar-refractivity contribution < 1.29 is 14.0 Å². The molecule has 1 N–H and O–H groups in total. The number of aryl methyl sites for hydroxylation is 3. The van der Waals surface area contributed by atoms with E-state index in [9.17, 15) is 9.59 Å². The third kappa shape index (κ3) is 4.13. The Morgan fingerprint density at radius 3 is 2.41 bits per heavy atom. The van der Waals surface area contributed by atoms with Gasteiger partial charge in [-0.2, -0.15) is 0 Å². The van der Waals surface area contributed by atoms with E-state index in [1.54, 1.807) is 11.8 Å². The van der Waals surface area contributed by atoms with E-state index in [4.69, 9.17) is 4.42 Å². The summed E-state index contributed by atoms with van der Waals surface area (Å²) in [6.45, 7) is 6.01. The van der Waals surface area contributed by atoms with Crippen molar-refractivity contribution in [2.45, 2.75) is 39.4 Å². The first-order valence-electron chi connectivity index (χ1n) is 13.2. The maximum Gasteiger partial charge on any atom is 0.255 e. The number of furan rings is 1. The molecule has 0 saturated heterocycles. The lowest BCUT2D eigenvalue weighted by Crippen LogP contribution is -2.46. The molecule has 6 nitrogen and oxygen atoms in total. The Bertz CT molecular complexity index is 1710. The highest BCUT2D eigenvalue weighted by Gasteiger charge is 2.44. The van der Waals surface area contributed by atoms with Gasteiger partial charge in [0.25, 0.3) is 5.91 Å². The molecule has 2 atom stereocenters. The summed E-state index contributed by atoms with van der Waals surface area (Å²) < 4.78 is 7.82. The molecular weight excluding hydrogens is 486 g/mol. The topological polar surface area (TPSA) is 67.5 Å². The van der Waals surface area contributed by atoms with E-state index >= 15 is 0 Å². The van der Waals surface area contributed by atoms with Crippen LogP contribution in [0.1, 0.15) is 51.5 Å². The van der Waals surface area contributed by atoms with Gasteiger partial charge in [0.05, 0.1) is 18.3 Å². The van der Waals surface area contributed by atoms with Crippen LogP contribution in [-0.2, 0) is 18.4 Å². The predicted octanol–water partition coefficient (Wildman–Crippen LogP) is 6.31. The highest BCUT2D eigenvalue weighted by Crippen LogP contribution is 2.47. The molecule has 2 unspecified atom stereocenters. The van der Waals surface area contributed by atoms with Crippen LogP contribution < -0.4 is 5.32 Å². The molecule has 6 heteroatoms. The number of hydrogen-bond acceptors (Lipinski definition) is 3. The van der Waals surface area contributed by atoms with Crippen LogP contribution >= 0.6 is 0 Å². The molecule has 2 aromatic heterocycles. The van der Waals surface area contributed by atoms with Crippen molar-refractivity contribution in [2.24, 2.45) is 7.05 Å². The van der Waals surface area contributed by atoms with Crippen molar-refractivity contribution in [1.29, 1.82) is 0 Å².